The zero-order valence-corrected chi connectivity index (χ0v) is 13.1. The van der Waals surface area contributed by atoms with Crippen molar-refractivity contribution in [2.75, 3.05) is 26.3 Å². The van der Waals surface area contributed by atoms with Crippen LogP contribution in [0.5, 0.6) is 0 Å². The molecule has 2 fully saturated rings. The zero-order chi connectivity index (χ0) is 14.7. The Morgan fingerprint density at radius 3 is 2.71 bits per heavy atom. The van der Waals surface area contributed by atoms with Gasteiger partial charge in [-0.05, 0) is 19.3 Å². The predicted octanol–water partition coefficient (Wildman–Crippen LogP) is 1.94. The highest BCUT2D eigenvalue weighted by atomic mass is 16.5. The second kappa shape index (κ2) is 6.46. The molecule has 5 nitrogen and oxygen atoms in total. The van der Waals surface area contributed by atoms with E-state index < -0.39 is 0 Å². The van der Waals surface area contributed by atoms with E-state index in [1.807, 2.05) is 10.9 Å². The van der Waals surface area contributed by atoms with Gasteiger partial charge in [-0.15, -0.1) is 0 Å². The van der Waals surface area contributed by atoms with Gasteiger partial charge < -0.3 is 10.5 Å². The molecule has 1 saturated carbocycles. The fraction of sp³-hybridized carbons (Fsp3) is 0.812. The molecule has 1 aromatic heterocycles. The average Bonchev–Trinajstić information content (AvgIpc) is 3.18. The molecule has 118 valence electrons. The number of aryl methyl sites for hydroxylation is 1. The van der Waals surface area contributed by atoms with Crippen LogP contribution in [0.2, 0.25) is 0 Å². The standard InChI is InChI=1S/C16H28N4O/c1-2-7-20-13-14(12-18-20)15(17)16(5-3-4-6-16)19-8-10-21-11-9-19/h12-13,15H,2-11,17H2,1H3. The maximum atomic E-state index is 6.74. The van der Waals surface area contributed by atoms with E-state index in [-0.39, 0.29) is 11.6 Å². The summed E-state index contributed by atoms with van der Waals surface area (Å²) in [6, 6.07) is 0.0590. The molecular formula is C16H28N4O. The lowest BCUT2D eigenvalue weighted by atomic mass is 9.83. The smallest absolute Gasteiger partial charge is 0.0594 e. The van der Waals surface area contributed by atoms with Crippen LogP contribution in [0.15, 0.2) is 12.4 Å². The Labute approximate surface area is 127 Å². The highest BCUT2D eigenvalue weighted by Gasteiger charge is 2.45. The third-order valence-electron chi connectivity index (χ3n) is 5.15. The van der Waals surface area contributed by atoms with Gasteiger partial charge in [0, 0.05) is 36.9 Å². The maximum absolute atomic E-state index is 6.74. The first kappa shape index (κ1) is 15.0. The summed E-state index contributed by atoms with van der Waals surface area (Å²) in [5, 5.41) is 4.47. The SMILES string of the molecule is CCCn1cc(C(N)C2(N3CCOCC3)CCCC2)cn1. The van der Waals surface area contributed by atoms with Gasteiger partial charge in [0.05, 0.1) is 25.5 Å². The molecule has 1 saturated heterocycles. The number of nitrogens with zero attached hydrogens (tertiary/aromatic N) is 3. The molecule has 2 aliphatic rings. The summed E-state index contributed by atoms with van der Waals surface area (Å²) in [5.41, 5.74) is 8.05. The largest absolute Gasteiger partial charge is 0.379 e. The Bertz CT molecular complexity index is 447. The fourth-order valence-electron chi connectivity index (χ4n) is 4.02. The van der Waals surface area contributed by atoms with Crippen LogP contribution in [0.25, 0.3) is 0 Å². The maximum Gasteiger partial charge on any atom is 0.0594 e. The molecule has 0 aromatic carbocycles. The van der Waals surface area contributed by atoms with Crippen molar-refractivity contribution in [3.63, 3.8) is 0 Å². The third-order valence-corrected chi connectivity index (χ3v) is 5.15. The molecule has 2 heterocycles. The summed E-state index contributed by atoms with van der Waals surface area (Å²) >= 11 is 0. The van der Waals surface area contributed by atoms with Crippen molar-refractivity contribution in [1.82, 2.24) is 14.7 Å². The van der Waals surface area contributed by atoms with Gasteiger partial charge in [-0.3, -0.25) is 9.58 Å². The number of rotatable bonds is 5. The number of ether oxygens (including phenoxy) is 1. The Balaban J connectivity index is 1.81. The highest BCUT2D eigenvalue weighted by molar-refractivity contribution is 5.19. The van der Waals surface area contributed by atoms with Crippen LogP contribution >= 0.6 is 0 Å². The summed E-state index contributed by atoms with van der Waals surface area (Å²) in [4.78, 5) is 2.59. The minimum atomic E-state index is 0.0590. The van der Waals surface area contributed by atoms with Gasteiger partial charge in [0.25, 0.3) is 0 Å². The topological polar surface area (TPSA) is 56.3 Å². The molecule has 3 rings (SSSR count). The molecule has 1 aliphatic heterocycles. The van der Waals surface area contributed by atoms with E-state index in [4.69, 9.17) is 10.5 Å². The van der Waals surface area contributed by atoms with Gasteiger partial charge in [-0.2, -0.15) is 5.10 Å². The van der Waals surface area contributed by atoms with Crippen molar-refractivity contribution in [3.05, 3.63) is 18.0 Å². The summed E-state index contributed by atoms with van der Waals surface area (Å²) in [7, 11) is 0. The Kier molecular flexibility index (Phi) is 4.62. The van der Waals surface area contributed by atoms with Crippen LogP contribution in [0.1, 0.15) is 50.6 Å². The molecule has 1 aliphatic carbocycles. The van der Waals surface area contributed by atoms with Crippen LogP contribution in [-0.2, 0) is 11.3 Å². The molecule has 21 heavy (non-hydrogen) atoms. The highest BCUT2D eigenvalue weighted by Crippen LogP contribution is 2.43. The minimum Gasteiger partial charge on any atom is -0.379 e. The van der Waals surface area contributed by atoms with E-state index >= 15 is 0 Å². The summed E-state index contributed by atoms with van der Waals surface area (Å²) in [6.07, 6.45) is 10.2. The molecule has 0 radical (unpaired) electrons. The third kappa shape index (κ3) is 2.87. The van der Waals surface area contributed by atoms with Gasteiger partial charge in [0.15, 0.2) is 0 Å². The van der Waals surface area contributed by atoms with Crippen LogP contribution in [-0.4, -0.2) is 46.5 Å². The first-order valence-electron chi connectivity index (χ1n) is 8.37. The normalized spacial score (nSPS) is 24.3. The van der Waals surface area contributed by atoms with E-state index in [1.54, 1.807) is 0 Å². The van der Waals surface area contributed by atoms with Gasteiger partial charge in [0.2, 0.25) is 0 Å². The number of morpholine rings is 1. The van der Waals surface area contributed by atoms with Crippen molar-refractivity contribution < 1.29 is 4.74 Å². The Morgan fingerprint density at radius 1 is 1.33 bits per heavy atom. The van der Waals surface area contributed by atoms with Crippen molar-refractivity contribution in [2.45, 2.75) is 57.2 Å². The second-order valence-electron chi connectivity index (χ2n) is 6.42. The number of hydrogen-bond acceptors (Lipinski definition) is 4. The molecule has 5 heteroatoms. The van der Waals surface area contributed by atoms with E-state index in [0.717, 1.165) is 39.3 Å². The molecule has 1 atom stereocenters. The molecule has 1 unspecified atom stereocenters. The lowest BCUT2D eigenvalue weighted by Gasteiger charge is -2.46. The molecule has 1 aromatic rings. The van der Waals surface area contributed by atoms with Crippen LogP contribution in [0.3, 0.4) is 0 Å². The van der Waals surface area contributed by atoms with E-state index in [9.17, 15) is 0 Å². The van der Waals surface area contributed by atoms with E-state index in [0.29, 0.717) is 0 Å². The summed E-state index contributed by atoms with van der Waals surface area (Å²) in [6.45, 7) is 6.84. The summed E-state index contributed by atoms with van der Waals surface area (Å²) in [5.74, 6) is 0. The second-order valence-corrected chi connectivity index (χ2v) is 6.42. The first-order valence-corrected chi connectivity index (χ1v) is 8.37. The minimum absolute atomic E-state index is 0.0590. The summed E-state index contributed by atoms with van der Waals surface area (Å²) < 4.78 is 7.55. The number of nitrogens with two attached hydrogens (primary N) is 1. The first-order chi connectivity index (χ1) is 10.3. The van der Waals surface area contributed by atoms with Crippen LogP contribution in [0, 0.1) is 0 Å². The average molecular weight is 292 g/mol. The van der Waals surface area contributed by atoms with Crippen LogP contribution < -0.4 is 5.73 Å². The molecule has 0 bridgehead atoms. The van der Waals surface area contributed by atoms with Gasteiger partial charge in [-0.25, -0.2) is 0 Å². The molecular weight excluding hydrogens is 264 g/mol. The molecule has 0 amide bonds. The van der Waals surface area contributed by atoms with Crippen molar-refractivity contribution in [3.8, 4) is 0 Å². The van der Waals surface area contributed by atoms with E-state index in [2.05, 4.69) is 23.1 Å². The molecule has 2 N–H and O–H groups in total. The predicted molar refractivity (Wildman–Crippen MR) is 83.0 cm³/mol. The van der Waals surface area contributed by atoms with Gasteiger partial charge in [0.1, 0.15) is 0 Å². The number of aromatic nitrogens is 2. The van der Waals surface area contributed by atoms with Gasteiger partial charge >= 0.3 is 0 Å². The lowest BCUT2D eigenvalue weighted by molar-refractivity contribution is -0.0311. The number of hydrogen-bond donors (Lipinski definition) is 1. The van der Waals surface area contributed by atoms with E-state index in [1.165, 1.54) is 31.2 Å². The van der Waals surface area contributed by atoms with Crippen LogP contribution in [0.4, 0.5) is 0 Å². The monoisotopic (exact) mass is 292 g/mol. The van der Waals surface area contributed by atoms with Gasteiger partial charge in [-0.1, -0.05) is 19.8 Å². The van der Waals surface area contributed by atoms with Crippen molar-refractivity contribution in [2.24, 2.45) is 5.73 Å². The Hall–Kier alpha value is -0.910. The lowest BCUT2D eigenvalue weighted by Crippen LogP contribution is -2.57. The zero-order valence-electron chi connectivity index (χ0n) is 13.1. The quantitative estimate of drug-likeness (QED) is 0.901. The fourth-order valence-corrected chi connectivity index (χ4v) is 4.02. The van der Waals surface area contributed by atoms with Crippen molar-refractivity contribution >= 4 is 0 Å². The van der Waals surface area contributed by atoms with Crippen molar-refractivity contribution in [1.29, 1.82) is 0 Å². The molecule has 0 spiro atoms. The Morgan fingerprint density at radius 2 is 2.05 bits per heavy atom.